The highest BCUT2D eigenvalue weighted by molar-refractivity contribution is 6.33. The van der Waals surface area contributed by atoms with Crippen LogP contribution in [0.25, 0.3) is 16.6 Å². The molecule has 0 saturated carbocycles. The maximum absolute atomic E-state index is 13.8. The van der Waals surface area contributed by atoms with E-state index in [1.165, 1.54) is 22.8 Å². The number of benzene rings is 3. The summed E-state index contributed by atoms with van der Waals surface area (Å²) in [6, 6.07) is 17.2. The molecule has 0 N–H and O–H groups in total. The Bertz CT molecular complexity index is 1420. The summed E-state index contributed by atoms with van der Waals surface area (Å²) < 4.78 is 15.2. The van der Waals surface area contributed by atoms with Crippen molar-refractivity contribution in [3.05, 3.63) is 104 Å². The van der Waals surface area contributed by atoms with Crippen molar-refractivity contribution in [2.45, 2.75) is 19.9 Å². The Kier molecular flexibility index (Phi) is 6.49. The number of halogens is 3. The average molecular weight is 484 g/mol. The normalized spacial score (nSPS) is 12.0. The largest absolute Gasteiger partial charge is 0.329 e. The second-order valence-corrected chi connectivity index (χ2v) is 8.29. The van der Waals surface area contributed by atoms with E-state index in [1.54, 1.807) is 60.4 Å². The summed E-state index contributed by atoms with van der Waals surface area (Å²) in [5.74, 6) is -0.564. The van der Waals surface area contributed by atoms with Crippen LogP contribution in [0.3, 0.4) is 0 Å². The quantitative estimate of drug-likeness (QED) is 0.346. The Morgan fingerprint density at radius 1 is 1.06 bits per heavy atom. The van der Waals surface area contributed by atoms with Gasteiger partial charge in [0.2, 0.25) is 0 Å². The second kappa shape index (κ2) is 9.33. The number of amides is 1. The summed E-state index contributed by atoms with van der Waals surface area (Å²) in [6.07, 6.45) is 0. The van der Waals surface area contributed by atoms with Crippen LogP contribution in [-0.4, -0.2) is 26.9 Å². The molecule has 8 heteroatoms. The van der Waals surface area contributed by atoms with Gasteiger partial charge in [0.1, 0.15) is 11.6 Å². The van der Waals surface area contributed by atoms with E-state index in [0.29, 0.717) is 39.5 Å². The first kappa shape index (κ1) is 23.0. The number of carbonyl (C=O) groups excluding carboxylic acids is 1. The lowest BCUT2D eigenvalue weighted by Crippen LogP contribution is -2.37. The first-order valence-corrected chi connectivity index (χ1v) is 11.1. The van der Waals surface area contributed by atoms with E-state index < -0.39 is 11.9 Å². The minimum Gasteiger partial charge on any atom is -0.329 e. The average Bonchev–Trinajstić information content (AvgIpc) is 2.81. The number of para-hydroxylation sites is 1. The molecule has 0 fully saturated rings. The zero-order chi connectivity index (χ0) is 23.7. The van der Waals surface area contributed by atoms with E-state index in [9.17, 15) is 14.0 Å². The van der Waals surface area contributed by atoms with Crippen LogP contribution >= 0.6 is 23.2 Å². The summed E-state index contributed by atoms with van der Waals surface area (Å²) in [5.41, 5.74) is 0.863. The van der Waals surface area contributed by atoms with E-state index in [1.807, 2.05) is 6.92 Å². The molecule has 1 aromatic heterocycles. The standard InChI is InChI=1S/C25H20Cl2FN3O2/c1-3-30(24(32)17-8-4-6-10-19(17)26)15(2)23-29-22-11-7-5-9-18(22)25(33)31(23)16-12-13-21(28)20(27)14-16/h4-15H,3H2,1-2H3. The molecule has 1 atom stereocenters. The summed E-state index contributed by atoms with van der Waals surface area (Å²) in [5, 5.41) is 0.613. The highest BCUT2D eigenvalue weighted by atomic mass is 35.5. The number of nitrogens with zero attached hydrogens (tertiary/aromatic N) is 3. The molecule has 33 heavy (non-hydrogen) atoms. The van der Waals surface area contributed by atoms with Gasteiger partial charge >= 0.3 is 0 Å². The number of hydrogen-bond donors (Lipinski definition) is 0. The maximum Gasteiger partial charge on any atom is 0.266 e. The highest BCUT2D eigenvalue weighted by Gasteiger charge is 2.27. The van der Waals surface area contributed by atoms with E-state index in [2.05, 4.69) is 0 Å². The van der Waals surface area contributed by atoms with Crippen LogP contribution in [0.2, 0.25) is 10.0 Å². The maximum atomic E-state index is 13.8. The van der Waals surface area contributed by atoms with Gasteiger partial charge in [-0.1, -0.05) is 47.5 Å². The number of hydrogen-bond acceptors (Lipinski definition) is 3. The molecule has 0 aliphatic heterocycles. The minimum absolute atomic E-state index is 0.120. The molecular formula is C25H20Cl2FN3O2. The third-order valence-electron chi connectivity index (χ3n) is 5.51. The molecule has 1 unspecified atom stereocenters. The Balaban J connectivity index is 1.93. The second-order valence-electron chi connectivity index (χ2n) is 7.47. The van der Waals surface area contributed by atoms with Crippen molar-refractivity contribution in [3.8, 4) is 5.69 Å². The first-order chi connectivity index (χ1) is 15.8. The van der Waals surface area contributed by atoms with Crippen molar-refractivity contribution >= 4 is 40.0 Å². The van der Waals surface area contributed by atoms with Crippen molar-refractivity contribution in [1.82, 2.24) is 14.5 Å². The Hall–Kier alpha value is -3.22. The van der Waals surface area contributed by atoms with Crippen LogP contribution in [0.5, 0.6) is 0 Å². The Morgan fingerprint density at radius 2 is 1.76 bits per heavy atom. The van der Waals surface area contributed by atoms with Gasteiger partial charge in [0.05, 0.1) is 38.2 Å². The van der Waals surface area contributed by atoms with Crippen molar-refractivity contribution in [2.24, 2.45) is 0 Å². The van der Waals surface area contributed by atoms with Crippen LogP contribution in [-0.2, 0) is 0 Å². The number of fused-ring (bicyclic) bond motifs is 1. The molecule has 4 aromatic rings. The highest BCUT2D eigenvalue weighted by Crippen LogP contribution is 2.27. The van der Waals surface area contributed by atoms with Crippen LogP contribution in [0.15, 0.2) is 71.5 Å². The van der Waals surface area contributed by atoms with Crippen molar-refractivity contribution in [3.63, 3.8) is 0 Å². The molecule has 0 aliphatic rings. The molecule has 1 amide bonds. The van der Waals surface area contributed by atoms with E-state index in [4.69, 9.17) is 28.2 Å². The van der Waals surface area contributed by atoms with Gasteiger partial charge in [-0.05, 0) is 56.3 Å². The van der Waals surface area contributed by atoms with Gasteiger partial charge in [-0.15, -0.1) is 0 Å². The van der Waals surface area contributed by atoms with Gasteiger partial charge in [0.15, 0.2) is 0 Å². The third-order valence-corrected chi connectivity index (χ3v) is 6.13. The van der Waals surface area contributed by atoms with Crippen LogP contribution < -0.4 is 5.56 Å². The molecule has 168 valence electrons. The summed E-state index contributed by atoms with van der Waals surface area (Å²) in [4.78, 5) is 33.2. The molecule has 0 saturated heterocycles. The molecule has 4 rings (SSSR count). The molecule has 0 spiro atoms. The van der Waals surface area contributed by atoms with Gasteiger partial charge in [-0.25, -0.2) is 9.37 Å². The Labute approximate surface area is 200 Å². The fourth-order valence-electron chi connectivity index (χ4n) is 3.83. The van der Waals surface area contributed by atoms with Crippen molar-refractivity contribution in [2.75, 3.05) is 6.54 Å². The van der Waals surface area contributed by atoms with Crippen LogP contribution in [0, 0.1) is 5.82 Å². The Morgan fingerprint density at radius 3 is 2.45 bits per heavy atom. The van der Waals surface area contributed by atoms with E-state index >= 15 is 0 Å². The van der Waals surface area contributed by atoms with Crippen molar-refractivity contribution < 1.29 is 9.18 Å². The SMILES string of the molecule is CCN(C(=O)c1ccccc1Cl)C(C)c1nc2ccccc2c(=O)n1-c1ccc(F)c(Cl)c1. The molecule has 1 heterocycles. The monoisotopic (exact) mass is 483 g/mol. The first-order valence-electron chi connectivity index (χ1n) is 10.4. The van der Waals surface area contributed by atoms with Gasteiger partial charge in [0.25, 0.3) is 11.5 Å². The van der Waals surface area contributed by atoms with Gasteiger partial charge in [0, 0.05) is 6.54 Å². The minimum atomic E-state index is -0.611. The van der Waals surface area contributed by atoms with E-state index in [-0.39, 0.29) is 16.5 Å². The van der Waals surface area contributed by atoms with E-state index in [0.717, 1.165) is 0 Å². The molecular weight excluding hydrogens is 464 g/mol. The lowest BCUT2D eigenvalue weighted by atomic mass is 10.1. The number of carbonyl (C=O) groups is 1. The van der Waals surface area contributed by atoms with Gasteiger partial charge in [-0.2, -0.15) is 0 Å². The smallest absolute Gasteiger partial charge is 0.266 e. The molecule has 0 radical (unpaired) electrons. The zero-order valence-corrected chi connectivity index (χ0v) is 19.4. The van der Waals surface area contributed by atoms with Crippen LogP contribution in [0.1, 0.15) is 36.1 Å². The molecule has 0 aliphatic carbocycles. The van der Waals surface area contributed by atoms with Gasteiger partial charge in [-0.3, -0.25) is 14.2 Å². The van der Waals surface area contributed by atoms with Crippen molar-refractivity contribution in [1.29, 1.82) is 0 Å². The topological polar surface area (TPSA) is 55.2 Å². The van der Waals surface area contributed by atoms with Gasteiger partial charge < -0.3 is 4.90 Å². The molecule has 5 nitrogen and oxygen atoms in total. The predicted octanol–water partition coefficient (Wildman–Crippen LogP) is 6.05. The molecule has 3 aromatic carbocycles. The predicted molar refractivity (Wildman–Crippen MR) is 129 cm³/mol. The molecule has 0 bridgehead atoms. The fourth-order valence-corrected chi connectivity index (χ4v) is 4.22. The third kappa shape index (κ3) is 4.24. The lowest BCUT2D eigenvalue weighted by molar-refractivity contribution is 0.0693. The summed E-state index contributed by atoms with van der Waals surface area (Å²) in [6.45, 7) is 3.97. The zero-order valence-electron chi connectivity index (χ0n) is 17.9. The number of aromatic nitrogens is 2. The lowest BCUT2D eigenvalue weighted by Gasteiger charge is -2.30. The number of rotatable bonds is 5. The summed E-state index contributed by atoms with van der Waals surface area (Å²) >= 11 is 12.3. The fraction of sp³-hybridized carbons (Fsp3) is 0.160. The van der Waals surface area contributed by atoms with Crippen LogP contribution in [0.4, 0.5) is 4.39 Å². The summed E-state index contributed by atoms with van der Waals surface area (Å²) in [7, 11) is 0.